The highest BCUT2D eigenvalue weighted by Gasteiger charge is 2.19. The summed E-state index contributed by atoms with van der Waals surface area (Å²) in [6.45, 7) is 1.97. The molecule has 0 aromatic heterocycles. The lowest BCUT2D eigenvalue weighted by molar-refractivity contribution is -0.136. The summed E-state index contributed by atoms with van der Waals surface area (Å²) in [6, 6.07) is 13.7. The van der Waals surface area contributed by atoms with Crippen LogP contribution in [0.2, 0.25) is 0 Å². The van der Waals surface area contributed by atoms with Gasteiger partial charge in [0.2, 0.25) is 0 Å². The molecule has 0 radical (unpaired) electrons. The number of hydrogen-bond donors (Lipinski definition) is 2. The fraction of sp³-hybridized carbons (Fsp3) is 0.235. The van der Waals surface area contributed by atoms with Gasteiger partial charge in [-0.1, -0.05) is 42.0 Å². The van der Waals surface area contributed by atoms with E-state index in [9.17, 15) is 17.8 Å². The Bertz CT molecular complexity index is 798. The van der Waals surface area contributed by atoms with Gasteiger partial charge in [0.25, 0.3) is 0 Å². The van der Waals surface area contributed by atoms with Crippen molar-refractivity contribution in [2.24, 2.45) is 0 Å². The average Bonchev–Trinajstić information content (AvgIpc) is 2.49. The van der Waals surface area contributed by atoms with Gasteiger partial charge in [-0.05, 0) is 36.6 Å². The summed E-state index contributed by atoms with van der Waals surface area (Å²) in [5.74, 6) is -0.903. The zero-order valence-corrected chi connectivity index (χ0v) is 14.0. The average molecular weight is 349 g/mol. The van der Waals surface area contributed by atoms with Crippen LogP contribution in [0.1, 0.15) is 16.7 Å². The van der Waals surface area contributed by atoms with Crippen molar-refractivity contribution in [1.29, 1.82) is 0 Å². The Morgan fingerprint density at radius 2 is 1.54 bits per heavy atom. The predicted molar refractivity (Wildman–Crippen MR) is 91.6 cm³/mol. The Balaban J connectivity index is 2.11. The quantitative estimate of drug-likeness (QED) is 0.749. The van der Waals surface area contributed by atoms with Gasteiger partial charge >= 0.3 is 16.3 Å². The number of carboxylic acids is 1. The molecular weight excluding hydrogens is 330 g/mol. The molecule has 0 amide bonds. The number of benzene rings is 2. The SMILES string of the molecule is Cc1ccc(N(CCc2ccc(CC(=O)O)cc2)S(=O)(=O)O)cc1. The first-order chi connectivity index (χ1) is 11.3. The van der Waals surface area contributed by atoms with E-state index in [-0.39, 0.29) is 13.0 Å². The molecule has 0 fully saturated rings. The molecule has 0 heterocycles. The molecule has 0 unspecified atom stereocenters. The third-order valence-corrected chi connectivity index (χ3v) is 4.53. The molecule has 0 aliphatic heterocycles. The maximum atomic E-state index is 11.6. The minimum Gasteiger partial charge on any atom is -0.481 e. The van der Waals surface area contributed by atoms with Crippen LogP contribution in [-0.4, -0.2) is 30.6 Å². The van der Waals surface area contributed by atoms with Crippen LogP contribution in [0.15, 0.2) is 48.5 Å². The molecule has 0 bridgehead atoms. The van der Waals surface area contributed by atoms with E-state index in [1.54, 1.807) is 48.5 Å². The number of carboxylic acid groups (broad SMARTS) is 1. The Labute approximate surface area is 141 Å². The number of nitrogens with zero attached hydrogens (tertiary/aromatic N) is 1. The second kappa shape index (κ2) is 7.46. The van der Waals surface area contributed by atoms with Crippen molar-refractivity contribution in [3.05, 3.63) is 65.2 Å². The molecule has 6 nitrogen and oxygen atoms in total. The van der Waals surface area contributed by atoms with E-state index in [0.29, 0.717) is 17.7 Å². The van der Waals surface area contributed by atoms with Crippen LogP contribution < -0.4 is 4.31 Å². The van der Waals surface area contributed by atoms with Gasteiger partial charge in [-0.15, -0.1) is 0 Å². The summed E-state index contributed by atoms with van der Waals surface area (Å²) in [5, 5.41) is 8.75. The first kappa shape index (κ1) is 18.0. The second-order valence-electron chi connectivity index (χ2n) is 5.52. The maximum Gasteiger partial charge on any atom is 0.359 e. The minimum atomic E-state index is -4.37. The van der Waals surface area contributed by atoms with Gasteiger partial charge in [0.1, 0.15) is 0 Å². The summed E-state index contributed by atoms with van der Waals surface area (Å²) in [5.41, 5.74) is 2.91. The molecule has 2 aromatic rings. The van der Waals surface area contributed by atoms with E-state index >= 15 is 0 Å². The summed E-state index contributed by atoms with van der Waals surface area (Å²) < 4.78 is 33.7. The molecule has 128 valence electrons. The van der Waals surface area contributed by atoms with Crippen LogP contribution >= 0.6 is 0 Å². The monoisotopic (exact) mass is 349 g/mol. The predicted octanol–water partition coefficient (Wildman–Crippen LogP) is 2.47. The number of carbonyl (C=O) groups is 1. The molecular formula is C17H19NO5S. The highest BCUT2D eigenvalue weighted by molar-refractivity contribution is 7.87. The van der Waals surface area contributed by atoms with E-state index in [0.717, 1.165) is 15.4 Å². The third-order valence-electron chi connectivity index (χ3n) is 3.58. The van der Waals surface area contributed by atoms with Crippen molar-refractivity contribution in [1.82, 2.24) is 0 Å². The first-order valence-corrected chi connectivity index (χ1v) is 8.77. The Kier molecular flexibility index (Phi) is 5.58. The van der Waals surface area contributed by atoms with Crippen LogP contribution in [0.3, 0.4) is 0 Å². The number of rotatable bonds is 7. The van der Waals surface area contributed by atoms with Crippen LogP contribution in [0.4, 0.5) is 5.69 Å². The van der Waals surface area contributed by atoms with Crippen LogP contribution in [0.25, 0.3) is 0 Å². The van der Waals surface area contributed by atoms with Gasteiger partial charge < -0.3 is 5.11 Å². The highest BCUT2D eigenvalue weighted by atomic mass is 32.2. The van der Waals surface area contributed by atoms with Crippen LogP contribution in [0, 0.1) is 6.92 Å². The molecule has 0 aliphatic carbocycles. The topological polar surface area (TPSA) is 94.9 Å². The van der Waals surface area contributed by atoms with Crippen LogP contribution in [0.5, 0.6) is 0 Å². The molecule has 2 rings (SSSR count). The van der Waals surface area contributed by atoms with E-state index < -0.39 is 16.3 Å². The normalized spacial score (nSPS) is 11.2. The maximum absolute atomic E-state index is 11.6. The number of aliphatic carboxylic acids is 1. The molecule has 0 spiro atoms. The summed E-state index contributed by atoms with van der Waals surface area (Å²) in [7, 11) is -4.37. The number of anilines is 1. The smallest absolute Gasteiger partial charge is 0.359 e. The van der Waals surface area contributed by atoms with Crippen molar-refractivity contribution in [3.63, 3.8) is 0 Å². The van der Waals surface area contributed by atoms with E-state index in [4.69, 9.17) is 5.11 Å². The van der Waals surface area contributed by atoms with Crippen molar-refractivity contribution >= 4 is 22.0 Å². The van der Waals surface area contributed by atoms with Gasteiger partial charge in [-0.2, -0.15) is 8.42 Å². The molecule has 7 heteroatoms. The standard InChI is InChI=1S/C17H19NO5S/c1-13-2-8-16(9-3-13)18(24(21,22)23)11-10-14-4-6-15(7-5-14)12-17(19)20/h2-9H,10-12H2,1H3,(H,19,20)(H,21,22,23). The first-order valence-electron chi connectivity index (χ1n) is 7.37. The highest BCUT2D eigenvalue weighted by Crippen LogP contribution is 2.19. The molecule has 0 aliphatic rings. The van der Waals surface area contributed by atoms with Gasteiger partial charge in [0.05, 0.1) is 12.1 Å². The van der Waals surface area contributed by atoms with Crippen molar-refractivity contribution in [2.75, 3.05) is 10.8 Å². The molecule has 0 saturated carbocycles. The number of aryl methyl sites for hydroxylation is 1. The zero-order valence-electron chi connectivity index (χ0n) is 13.2. The van der Waals surface area contributed by atoms with Gasteiger partial charge in [0.15, 0.2) is 0 Å². The number of hydrogen-bond acceptors (Lipinski definition) is 3. The van der Waals surface area contributed by atoms with Crippen LogP contribution in [-0.2, 0) is 27.9 Å². The molecule has 2 aromatic carbocycles. The van der Waals surface area contributed by atoms with Gasteiger partial charge in [-0.25, -0.2) is 4.31 Å². The van der Waals surface area contributed by atoms with Crippen molar-refractivity contribution in [2.45, 2.75) is 19.8 Å². The third kappa shape index (κ3) is 5.07. The Morgan fingerprint density at radius 1 is 1.00 bits per heavy atom. The summed E-state index contributed by atoms with van der Waals surface area (Å²) >= 11 is 0. The van der Waals surface area contributed by atoms with Crippen molar-refractivity contribution in [3.8, 4) is 0 Å². The van der Waals surface area contributed by atoms with E-state index in [2.05, 4.69) is 0 Å². The lowest BCUT2D eigenvalue weighted by Gasteiger charge is -2.21. The summed E-state index contributed by atoms with van der Waals surface area (Å²) in [6.07, 6.45) is 0.335. The molecule has 2 N–H and O–H groups in total. The fourth-order valence-electron chi connectivity index (χ4n) is 2.32. The molecule has 0 saturated heterocycles. The minimum absolute atomic E-state index is 0.0548. The Hall–Kier alpha value is -2.38. The van der Waals surface area contributed by atoms with Crippen molar-refractivity contribution < 1.29 is 22.9 Å². The Morgan fingerprint density at radius 3 is 2.04 bits per heavy atom. The second-order valence-corrected chi connectivity index (χ2v) is 6.86. The molecule has 0 atom stereocenters. The van der Waals surface area contributed by atoms with E-state index in [1.165, 1.54) is 0 Å². The largest absolute Gasteiger partial charge is 0.481 e. The van der Waals surface area contributed by atoms with Gasteiger partial charge in [-0.3, -0.25) is 9.35 Å². The lowest BCUT2D eigenvalue weighted by atomic mass is 10.1. The van der Waals surface area contributed by atoms with Gasteiger partial charge in [0, 0.05) is 6.54 Å². The lowest BCUT2D eigenvalue weighted by Crippen LogP contribution is -2.32. The van der Waals surface area contributed by atoms with E-state index in [1.807, 2.05) is 6.92 Å². The fourth-order valence-corrected chi connectivity index (χ4v) is 3.03. The molecule has 24 heavy (non-hydrogen) atoms. The summed E-state index contributed by atoms with van der Waals surface area (Å²) in [4.78, 5) is 10.7. The zero-order chi connectivity index (χ0) is 17.7.